The van der Waals surface area contributed by atoms with Crippen LogP contribution in [-0.4, -0.2) is 6.29 Å². The number of hydrogen-bond acceptors (Lipinski definition) is 5. The summed E-state index contributed by atoms with van der Waals surface area (Å²) >= 11 is 0. The third-order valence-corrected chi connectivity index (χ3v) is 2.35. The van der Waals surface area contributed by atoms with E-state index >= 15 is 0 Å². The van der Waals surface area contributed by atoms with Crippen LogP contribution in [0.15, 0.2) is 24.0 Å². The minimum atomic E-state index is -3.68. The van der Waals surface area contributed by atoms with Crippen molar-refractivity contribution in [3.05, 3.63) is 29.6 Å². The molecule has 0 aromatic heterocycles. The zero-order valence-corrected chi connectivity index (χ0v) is 9.91. The maximum Gasteiger partial charge on any atom is 0.586 e. The second-order valence-corrected chi connectivity index (χ2v) is 4.01. The van der Waals surface area contributed by atoms with Crippen molar-refractivity contribution in [3.8, 4) is 11.5 Å². The Labute approximate surface area is 103 Å². The smallest absolute Gasteiger partial charge is 0.401 e. The zero-order chi connectivity index (χ0) is 13.5. The first-order valence-electron chi connectivity index (χ1n) is 5.17. The molecule has 0 fully saturated rings. The van der Waals surface area contributed by atoms with Crippen LogP contribution in [0.25, 0.3) is 0 Å². The summed E-state index contributed by atoms with van der Waals surface area (Å²) < 4.78 is 35.1. The van der Waals surface area contributed by atoms with Crippen molar-refractivity contribution >= 4 is 5.69 Å². The van der Waals surface area contributed by atoms with E-state index in [1.54, 1.807) is 26.0 Å². The van der Waals surface area contributed by atoms with Crippen LogP contribution >= 0.6 is 0 Å². The van der Waals surface area contributed by atoms with Crippen LogP contribution in [0.1, 0.15) is 12.5 Å². The number of nitrogens with zero attached hydrogens (tertiary/aromatic N) is 1. The molecule has 1 aliphatic rings. The van der Waals surface area contributed by atoms with Gasteiger partial charge in [0, 0.05) is 11.9 Å². The van der Waals surface area contributed by atoms with Gasteiger partial charge in [-0.05, 0) is 25.5 Å². The molecule has 0 aliphatic carbocycles. The predicted molar refractivity (Wildman–Crippen MR) is 62.0 cm³/mol. The number of allylic oxidation sites excluding steroid dienone is 1. The van der Waals surface area contributed by atoms with E-state index in [2.05, 4.69) is 9.47 Å². The molecule has 0 radical (unpaired) electrons. The molecular formula is C11H13F2N3O2. The Morgan fingerprint density at radius 2 is 1.94 bits per heavy atom. The van der Waals surface area contributed by atoms with Crippen LogP contribution in [-0.2, 0) is 0 Å². The number of fused-ring (bicyclic) bond motifs is 1. The summed E-state index contributed by atoms with van der Waals surface area (Å²) in [7, 11) is 0. The van der Waals surface area contributed by atoms with Gasteiger partial charge in [-0.1, -0.05) is 6.07 Å². The van der Waals surface area contributed by atoms with Crippen LogP contribution in [0, 0.1) is 6.92 Å². The lowest BCUT2D eigenvalue weighted by molar-refractivity contribution is -0.286. The van der Waals surface area contributed by atoms with Crippen molar-refractivity contribution in [2.75, 3.05) is 5.01 Å². The van der Waals surface area contributed by atoms with Gasteiger partial charge < -0.3 is 15.2 Å². The number of rotatable bonds is 2. The highest BCUT2D eigenvalue weighted by atomic mass is 19.3. The maximum absolute atomic E-state index is 13.1. The van der Waals surface area contributed by atoms with E-state index in [1.165, 1.54) is 6.20 Å². The molecule has 0 saturated heterocycles. The lowest BCUT2D eigenvalue weighted by atomic mass is 10.2. The Morgan fingerprint density at radius 1 is 1.33 bits per heavy atom. The van der Waals surface area contributed by atoms with Gasteiger partial charge >= 0.3 is 6.29 Å². The fourth-order valence-corrected chi connectivity index (χ4v) is 1.63. The van der Waals surface area contributed by atoms with Gasteiger partial charge in [0.25, 0.3) is 0 Å². The largest absolute Gasteiger partial charge is 0.586 e. The van der Waals surface area contributed by atoms with E-state index in [4.69, 9.17) is 11.6 Å². The summed E-state index contributed by atoms with van der Waals surface area (Å²) in [4.78, 5) is 0. The minimum absolute atomic E-state index is 0.0176. The van der Waals surface area contributed by atoms with E-state index < -0.39 is 6.29 Å². The van der Waals surface area contributed by atoms with E-state index in [-0.39, 0.29) is 17.2 Å². The third-order valence-electron chi connectivity index (χ3n) is 2.35. The molecule has 98 valence electrons. The Morgan fingerprint density at radius 3 is 2.56 bits per heavy atom. The standard InChI is InChI=1S/C11H13F2N3O2/c1-6-3-4-8(16(15)5-7(2)14)10-9(6)17-11(12,13)18-10/h3-5H,14-15H2,1-2H3/b7-5-. The van der Waals surface area contributed by atoms with Gasteiger partial charge in [-0.2, -0.15) is 0 Å². The predicted octanol–water partition coefficient (Wildman–Crippen LogP) is 1.82. The first kappa shape index (κ1) is 12.4. The molecule has 0 amide bonds. The Hall–Kier alpha value is -2.02. The average Bonchev–Trinajstić information content (AvgIpc) is 2.53. The zero-order valence-electron chi connectivity index (χ0n) is 9.91. The Bertz CT molecular complexity index is 513. The van der Waals surface area contributed by atoms with Gasteiger partial charge in [-0.15, -0.1) is 8.78 Å². The molecule has 1 aromatic carbocycles. The number of alkyl halides is 2. The molecule has 1 aliphatic heterocycles. The van der Waals surface area contributed by atoms with E-state index in [0.29, 0.717) is 11.3 Å². The SMILES string of the molecule is C/C(N)=C/N(N)c1ccc(C)c2c1OC(F)(F)O2. The van der Waals surface area contributed by atoms with Crippen LogP contribution in [0.4, 0.5) is 14.5 Å². The van der Waals surface area contributed by atoms with Crippen LogP contribution < -0.4 is 26.1 Å². The number of halogens is 2. The second-order valence-electron chi connectivity index (χ2n) is 4.01. The van der Waals surface area contributed by atoms with Gasteiger partial charge in [-0.3, -0.25) is 5.01 Å². The molecule has 2 rings (SSSR count). The summed E-state index contributed by atoms with van der Waals surface area (Å²) in [5, 5.41) is 1.11. The number of benzene rings is 1. The van der Waals surface area contributed by atoms with E-state index in [1.807, 2.05) is 0 Å². The lowest BCUT2D eigenvalue weighted by Gasteiger charge is -2.16. The van der Waals surface area contributed by atoms with Crippen molar-refractivity contribution < 1.29 is 18.3 Å². The van der Waals surface area contributed by atoms with E-state index in [0.717, 1.165) is 5.01 Å². The van der Waals surface area contributed by atoms with Gasteiger partial charge in [-0.25, -0.2) is 5.84 Å². The van der Waals surface area contributed by atoms with Crippen LogP contribution in [0.2, 0.25) is 0 Å². The molecule has 4 N–H and O–H groups in total. The quantitative estimate of drug-likeness (QED) is 0.624. The fourth-order valence-electron chi connectivity index (χ4n) is 1.63. The van der Waals surface area contributed by atoms with Gasteiger partial charge in [0.05, 0.1) is 0 Å². The van der Waals surface area contributed by atoms with Crippen molar-refractivity contribution in [1.82, 2.24) is 0 Å². The molecule has 0 spiro atoms. The summed E-state index contributed by atoms with van der Waals surface area (Å²) in [5.41, 5.74) is 6.69. The highest BCUT2D eigenvalue weighted by Crippen LogP contribution is 2.48. The molecule has 5 nitrogen and oxygen atoms in total. The van der Waals surface area contributed by atoms with Gasteiger partial charge in [0.1, 0.15) is 5.69 Å². The molecule has 0 unspecified atom stereocenters. The van der Waals surface area contributed by atoms with Crippen molar-refractivity contribution in [1.29, 1.82) is 0 Å². The summed E-state index contributed by atoms with van der Waals surface area (Å²) in [6, 6.07) is 3.16. The molecule has 1 aromatic rings. The monoisotopic (exact) mass is 257 g/mol. The maximum atomic E-state index is 13.1. The number of anilines is 1. The molecule has 0 saturated carbocycles. The number of aryl methyl sites for hydroxylation is 1. The number of hydrazine groups is 1. The molecular weight excluding hydrogens is 244 g/mol. The number of ether oxygens (including phenoxy) is 2. The van der Waals surface area contributed by atoms with Gasteiger partial charge in [0.15, 0.2) is 11.5 Å². The Kier molecular flexibility index (Phi) is 2.78. The molecule has 1 heterocycles. The summed E-state index contributed by atoms with van der Waals surface area (Å²) in [6.07, 6.45) is -2.28. The second kappa shape index (κ2) is 4.02. The fraction of sp³-hybridized carbons (Fsp3) is 0.273. The molecule has 18 heavy (non-hydrogen) atoms. The normalized spacial score (nSPS) is 16.8. The first-order valence-corrected chi connectivity index (χ1v) is 5.17. The van der Waals surface area contributed by atoms with Crippen molar-refractivity contribution in [3.63, 3.8) is 0 Å². The molecule has 7 heteroatoms. The molecule has 0 bridgehead atoms. The Balaban J connectivity index is 2.47. The topological polar surface area (TPSA) is 73.7 Å². The lowest BCUT2D eigenvalue weighted by Crippen LogP contribution is -2.28. The van der Waals surface area contributed by atoms with Crippen molar-refractivity contribution in [2.45, 2.75) is 20.1 Å². The van der Waals surface area contributed by atoms with E-state index in [9.17, 15) is 8.78 Å². The van der Waals surface area contributed by atoms with Crippen molar-refractivity contribution in [2.24, 2.45) is 11.6 Å². The third kappa shape index (κ3) is 2.17. The molecule has 0 atom stereocenters. The highest BCUT2D eigenvalue weighted by molar-refractivity contribution is 5.68. The highest BCUT2D eigenvalue weighted by Gasteiger charge is 2.45. The van der Waals surface area contributed by atoms with Crippen LogP contribution in [0.3, 0.4) is 0 Å². The summed E-state index contributed by atoms with van der Waals surface area (Å²) in [6.45, 7) is 3.26. The minimum Gasteiger partial charge on any atom is -0.401 e. The average molecular weight is 257 g/mol. The number of nitrogens with two attached hydrogens (primary N) is 2. The summed E-state index contributed by atoms with van der Waals surface area (Å²) in [5.74, 6) is 5.59. The van der Waals surface area contributed by atoms with Gasteiger partial charge in [0.2, 0.25) is 0 Å². The van der Waals surface area contributed by atoms with Crippen LogP contribution in [0.5, 0.6) is 11.5 Å². The number of hydrogen-bond donors (Lipinski definition) is 2. The first-order chi connectivity index (χ1) is 8.30.